The molecule has 4 rings (SSSR count). The summed E-state index contributed by atoms with van der Waals surface area (Å²) in [6, 6.07) is 14.9. The zero-order valence-corrected chi connectivity index (χ0v) is 13.5. The molecule has 25 heavy (non-hydrogen) atoms. The van der Waals surface area contributed by atoms with Gasteiger partial charge < -0.3 is 20.1 Å². The van der Waals surface area contributed by atoms with Crippen molar-refractivity contribution in [3.63, 3.8) is 0 Å². The molecule has 0 radical (unpaired) electrons. The third kappa shape index (κ3) is 2.91. The second kappa shape index (κ2) is 6.12. The molecule has 0 aromatic heterocycles. The van der Waals surface area contributed by atoms with Gasteiger partial charge >= 0.3 is 5.97 Å². The summed E-state index contributed by atoms with van der Waals surface area (Å²) >= 11 is 0. The van der Waals surface area contributed by atoms with Crippen LogP contribution in [0.5, 0.6) is 5.75 Å². The number of amides is 1. The second-order valence-corrected chi connectivity index (χ2v) is 6.26. The minimum absolute atomic E-state index is 0.00473. The molecule has 2 aliphatic rings. The van der Waals surface area contributed by atoms with Crippen molar-refractivity contribution in [3.8, 4) is 5.75 Å². The molecule has 6 nitrogen and oxygen atoms in total. The molecule has 0 bridgehead atoms. The molecular weight excluding hydrogens is 320 g/mol. The van der Waals surface area contributed by atoms with Crippen molar-refractivity contribution in [1.29, 1.82) is 0 Å². The Balaban J connectivity index is 1.74. The fourth-order valence-electron chi connectivity index (χ4n) is 3.20. The third-order valence-electron chi connectivity index (χ3n) is 4.47. The number of ether oxygens (including phenoxy) is 1. The normalized spacial score (nSPS) is 19.1. The first-order valence-corrected chi connectivity index (χ1v) is 8.27. The molecule has 0 spiro atoms. The van der Waals surface area contributed by atoms with E-state index in [1.807, 2.05) is 41.3 Å². The molecule has 1 aliphatic heterocycles. The molecule has 6 heteroatoms. The molecule has 1 fully saturated rings. The van der Waals surface area contributed by atoms with Crippen LogP contribution in [0.1, 0.15) is 34.9 Å². The Morgan fingerprint density at radius 3 is 2.64 bits per heavy atom. The smallest absolute Gasteiger partial charge is 0.341 e. The number of anilines is 1. The van der Waals surface area contributed by atoms with Crippen molar-refractivity contribution >= 4 is 17.6 Å². The van der Waals surface area contributed by atoms with Crippen LogP contribution in [0.3, 0.4) is 0 Å². The lowest BCUT2D eigenvalue weighted by Gasteiger charge is -2.38. The van der Waals surface area contributed by atoms with Crippen LogP contribution in [0.25, 0.3) is 0 Å². The lowest BCUT2D eigenvalue weighted by Crippen LogP contribution is -2.44. The first kappa shape index (κ1) is 15.5. The van der Waals surface area contributed by atoms with Crippen LogP contribution in [-0.4, -0.2) is 34.5 Å². The highest BCUT2D eigenvalue weighted by Crippen LogP contribution is 2.42. The Hall–Kier alpha value is -3.02. The van der Waals surface area contributed by atoms with Crippen molar-refractivity contribution in [2.45, 2.75) is 25.0 Å². The van der Waals surface area contributed by atoms with Gasteiger partial charge in [0.25, 0.3) is 5.91 Å². The number of nitrogens with one attached hydrogen (secondary N) is 1. The maximum Gasteiger partial charge on any atom is 0.341 e. The Morgan fingerprint density at radius 1 is 1.16 bits per heavy atom. The van der Waals surface area contributed by atoms with E-state index < -0.39 is 12.6 Å². The highest BCUT2D eigenvalue weighted by molar-refractivity contribution is 6.02. The van der Waals surface area contributed by atoms with Gasteiger partial charge in [0, 0.05) is 17.3 Å². The minimum atomic E-state index is -1.04. The van der Waals surface area contributed by atoms with E-state index in [1.54, 1.807) is 12.1 Å². The number of hydrogen-bond donors (Lipinski definition) is 2. The van der Waals surface area contributed by atoms with Gasteiger partial charge in [0.2, 0.25) is 0 Å². The van der Waals surface area contributed by atoms with Gasteiger partial charge in [-0.3, -0.25) is 4.79 Å². The first-order valence-electron chi connectivity index (χ1n) is 8.27. The van der Waals surface area contributed by atoms with Crippen LogP contribution >= 0.6 is 0 Å². The fourth-order valence-corrected chi connectivity index (χ4v) is 3.20. The van der Waals surface area contributed by atoms with E-state index in [9.17, 15) is 9.59 Å². The van der Waals surface area contributed by atoms with E-state index in [4.69, 9.17) is 9.84 Å². The average Bonchev–Trinajstić information content (AvgIpc) is 3.45. The molecule has 1 amide bonds. The highest BCUT2D eigenvalue weighted by Gasteiger charge is 2.42. The zero-order chi connectivity index (χ0) is 17.4. The Morgan fingerprint density at radius 2 is 1.88 bits per heavy atom. The van der Waals surface area contributed by atoms with Crippen molar-refractivity contribution in [2.24, 2.45) is 0 Å². The molecule has 1 saturated carbocycles. The van der Waals surface area contributed by atoms with Crippen LogP contribution in [0, 0.1) is 0 Å². The van der Waals surface area contributed by atoms with Crippen molar-refractivity contribution in [1.82, 2.24) is 4.90 Å². The van der Waals surface area contributed by atoms with E-state index in [1.165, 1.54) is 0 Å². The van der Waals surface area contributed by atoms with Gasteiger partial charge in [-0.2, -0.15) is 0 Å². The Labute approximate surface area is 145 Å². The van der Waals surface area contributed by atoms with Gasteiger partial charge in [-0.15, -0.1) is 0 Å². The lowest BCUT2D eigenvalue weighted by atomic mass is 10.0. The summed E-state index contributed by atoms with van der Waals surface area (Å²) < 4.78 is 5.45. The van der Waals surface area contributed by atoms with Crippen molar-refractivity contribution in [2.75, 3.05) is 11.9 Å². The quantitative estimate of drug-likeness (QED) is 0.876. The van der Waals surface area contributed by atoms with Gasteiger partial charge in [0.15, 0.2) is 6.61 Å². The molecule has 0 saturated heterocycles. The molecule has 2 aromatic rings. The Bertz CT molecular complexity index is 832. The zero-order valence-electron chi connectivity index (χ0n) is 13.5. The number of carboxylic acids is 1. The third-order valence-corrected chi connectivity index (χ3v) is 4.47. The van der Waals surface area contributed by atoms with E-state index in [0.717, 1.165) is 24.1 Å². The van der Waals surface area contributed by atoms with Gasteiger partial charge in [-0.25, -0.2) is 4.79 Å². The van der Waals surface area contributed by atoms with Gasteiger partial charge in [-0.05, 0) is 31.0 Å². The number of aliphatic carboxylic acids is 1. The van der Waals surface area contributed by atoms with Crippen LogP contribution in [0.2, 0.25) is 0 Å². The van der Waals surface area contributed by atoms with E-state index in [-0.39, 0.29) is 18.1 Å². The van der Waals surface area contributed by atoms with Gasteiger partial charge in [0.1, 0.15) is 11.9 Å². The molecule has 2 N–H and O–H groups in total. The van der Waals surface area contributed by atoms with Gasteiger partial charge in [-0.1, -0.05) is 30.3 Å². The first-order chi connectivity index (χ1) is 12.1. The maximum atomic E-state index is 13.0. The van der Waals surface area contributed by atoms with E-state index >= 15 is 0 Å². The number of carbonyl (C=O) groups excluding carboxylic acids is 1. The molecule has 0 unspecified atom stereocenters. The largest absolute Gasteiger partial charge is 0.481 e. The van der Waals surface area contributed by atoms with Crippen molar-refractivity contribution in [3.05, 3.63) is 59.7 Å². The van der Waals surface area contributed by atoms with E-state index in [0.29, 0.717) is 11.3 Å². The summed E-state index contributed by atoms with van der Waals surface area (Å²) in [4.78, 5) is 25.7. The number of benzene rings is 2. The Kier molecular flexibility index (Phi) is 3.80. The van der Waals surface area contributed by atoms with Crippen LogP contribution in [0.4, 0.5) is 5.69 Å². The number of hydrogen-bond acceptors (Lipinski definition) is 4. The van der Waals surface area contributed by atoms with Crippen molar-refractivity contribution < 1.29 is 19.4 Å². The number of carboxylic acid groups (broad SMARTS) is 1. The number of para-hydroxylation sites is 2. The topological polar surface area (TPSA) is 78.9 Å². The number of carbonyl (C=O) groups is 2. The standard InChI is InChI=1S/C19H18N2O4/c22-17(23)11-25-16-8-4-2-6-14(16)18-20-15-7-3-1-5-13(15)19(24)21(18)12-9-10-12/h1-8,12,18,20H,9-11H2,(H,22,23)/t18-/m0/s1. The molecule has 1 heterocycles. The van der Waals surface area contributed by atoms with Crippen LogP contribution < -0.4 is 10.1 Å². The monoisotopic (exact) mass is 338 g/mol. The predicted octanol–water partition coefficient (Wildman–Crippen LogP) is 2.88. The maximum absolute atomic E-state index is 13.0. The SMILES string of the molecule is O=C(O)COc1ccccc1[C@H]1Nc2ccccc2C(=O)N1C1CC1. The number of fused-ring (bicyclic) bond motifs is 1. The van der Waals surface area contributed by atoms with Crippen LogP contribution in [-0.2, 0) is 4.79 Å². The summed E-state index contributed by atoms with van der Waals surface area (Å²) in [5.41, 5.74) is 2.20. The lowest BCUT2D eigenvalue weighted by molar-refractivity contribution is -0.139. The minimum Gasteiger partial charge on any atom is -0.481 e. The summed E-state index contributed by atoms with van der Waals surface area (Å²) in [6.45, 7) is -0.419. The highest BCUT2D eigenvalue weighted by atomic mass is 16.5. The second-order valence-electron chi connectivity index (χ2n) is 6.26. The number of rotatable bonds is 5. The number of nitrogens with zero attached hydrogens (tertiary/aromatic N) is 1. The predicted molar refractivity (Wildman–Crippen MR) is 91.6 cm³/mol. The summed E-state index contributed by atoms with van der Waals surface area (Å²) in [5.74, 6) is -0.568. The molecule has 1 atom stereocenters. The summed E-state index contributed by atoms with van der Waals surface area (Å²) in [7, 11) is 0. The van der Waals surface area contributed by atoms with E-state index in [2.05, 4.69) is 5.32 Å². The van der Waals surface area contributed by atoms with Gasteiger partial charge in [0.05, 0.1) is 5.56 Å². The molecular formula is C19H18N2O4. The fraction of sp³-hybridized carbons (Fsp3) is 0.263. The molecule has 1 aliphatic carbocycles. The summed E-state index contributed by atoms with van der Waals surface area (Å²) in [6.07, 6.45) is 1.58. The molecule has 2 aromatic carbocycles. The summed E-state index contributed by atoms with van der Waals surface area (Å²) in [5, 5.41) is 12.3. The molecule has 128 valence electrons. The average molecular weight is 338 g/mol. The van der Waals surface area contributed by atoms with Crippen LogP contribution in [0.15, 0.2) is 48.5 Å².